The lowest BCUT2D eigenvalue weighted by molar-refractivity contribution is 0.357. The van der Waals surface area contributed by atoms with Crippen molar-refractivity contribution in [1.29, 1.82) is 0 Å². The van der Waals surface area contributed by atoms with Gasteiger partial charge in [0.15, 0.2) is 0 Å². The number of benzene rings is 1. The summed E-state index contributed by atoms with van der Waals surface area (Å²) >= 11 is 6.20. The maximum atomic E-state index is 6.20. The lowest BCUT2D eigenvalue weighted by Crippen LogP contribution is -2.35. The Hall–Kier alpha value is -0.770. The molecule has 0 radical (unpaired) electrons. The van der Waals surface area contributed by atoms with Crippen molar-refractivity contribution in [3.63, 3.8) is 0 Å². The molecule has 0 aromatic heterocycles. The first-order valence-corrected chi connectivity index (χ1v) is 6.92. The second-order valence-corrected chi connectivity index (χ2v) is 5.17. The van der Waals surface area contributed by atoms with E-state index in [0.29, 0.717) is 0 Å². The van der Waals surface area contributed by atoms with Gasteiger partial charge in [-0.2, -0.15) is 0 Å². The highest BCUT2D eigenvalue weighted by Gasteiger charge is 2.13. The zero-order valence-corrected chi connectivity index (χ0v) is 11.6. The van der Waals surface area contributed by atoms with Gasteiger partial charge in [-0.3, -0.25) is 0 Å². The smallest absolute Gasteiger partial charge is 0.124 e. The minimum absolute atomic E-state index is 0.729. The van der Waals surface area contributed by atoms with Crippen LogP contribution in [-0.4, -0.2) is 26.7 Å². The summed E-state index contributed by atoms with van der Waals surface area (Å²) < 4.78 is 5.33. The fourth-order valence-electron chi connectivity index (χ4n) is 2.40. The van der Waals surface area contributed by atoms with Crippen molar-refractivity contribution in [1.82, 2.24) is 10.6 Å². The molecule has 1 aliphatic rings. The number of hydrogen-bond donors (Lipinski definition) is 2. The van der Waals surface area contributed by atoms with Crippen LogP contribution in [0.15, 0.2) is 18.2 Å². The molecule has 0 saturated carbocycles. The predicted octanol–water partition coefficient (Wildman–Crippen LogP) is 2.44. The van der Waals surface area contributed by atoms with Crippen molar-refractivity contribution in [2.75, 3.05) is 26.7 Å². The van der Waals surface area contributed by atoms with Crippen molar-refractivity contribution in [3.05, 3.63) is 28.8 Å². The second kappa shape index (κ2) is 6.98. The van der Waals surface area contributed by atoms with E-state index in [0.717, 1.165) is 48.4 Å². The first-order valence-electron chi connectivity index (χ1n) is 6.54. The minimum atomic E-state index is 0.729. The second-order valence-electron chi connectivity index (χ2n) is 4.76. The first kappa shape index (κ1) is 13.7. The molecule has 2 N–H and O–H groups in total. The number of rotatable bonds is 5. The molecule has 18 heavy (non-hydrogen) atoms. The molecule has 1 aliphatic heterocycles. The van der Waals surface area contributed by atoms with Crippen LogP contribution >= 0.6 is 11.6 Å². The van der Waals surface area contributed by atoms with Crippen LogP contribution in [0, 0.1) is 5.92 Å². The van der Waals surface area contributed by atoms with E-state index in [4.69, 9.17) is 16.3 Å². The predicted molar refractivity (Wildman–Crippen MR) is 75.3 cm³/mol. The summed E-state index contributed by atoms with van der Waals surface area (Å²) in [6.45, 7) is 4.07. The number of ether oxygens (including phenoxy) is 1. The van der Waals surface area contributed by atoms with Crippen molar-refractivity contribution in [3.8, 4) is 5.75 Å². The summed E-state index contributed by atoms with van der Waals surface area (Å²) in [5.74, 6) is 1.59. The van der Waals surface area contributed by atoms with Crippen LogP contribution in [0.4, 0.5) is 0 Å². The molecule has 100 valence electrons. The Bertz CT molecular complexity index is 378. The van der Waals surface area contributed by atoms with Gasteiger partial charge in [0.2, 0.25) is 0 Å². The Morgan fingerprint density at radius 3 is 3.11 bits per heavy atom. The Kier molecular flexibility index (Phi) is 5.29. The summed E-state index contributed by atoms with van der Waals surface area (Å²) in [5, 5.41) is 7.68. The van der Waals surface area contributed by atoms with E-state index in [1.54, 1.807) is 7.11 Å². The lowest BCUT2D eigenvalue weighted by atomic mass is 10.00. The fraction of sp³-hybridized carbons (Fsp3) is 0.571. The van der Waals surface area contributed by atoms with Gasteiger partial charge in [0.05, 0.1) is 7.11 Å². The van der Waals surface area contributed by atoms with Gasteiger partial charge >= 0.3 is 0 Å². The number of halogens is 1. The number of methoxy groups -OCH3 is 1. The third kappa shape index (κ3) is 3.61. The molecule has 1 saturated heterocycles. The van der Waals surface area contributed by atoms with Crippen LogP contribution < -0.4 is 15.4 Å². The third-order valence-corrected chi connectivity index (χ3v) is 3.78. The third-order valence-electron chi connectivity index (χ3n) is 3.43. The number of hydrogen-bond acceptors (Lipinski definition) is 3. The van der Waals surface area contributed by atoms with Gasteiger partial charge in [0.1, 0.15) is 5.75 Å². The molecule has 1 aromatic carbocycles. The van der Waals surface area contributed by atoms with Gasteiger partial charge in [-0.05, 0) is 50.5 Å². The van der Waals surface area contributed by atoms with E-state index < -0.39 is 0 Å². The SMILES string of the molecule is COc1cccc(Cl)c1CNCC1CCCNC1. The highest BCUT2D eigenvalue weighted by atomic mass is 35.5. The highest BCUT2D eigenvalue weighted by molar-refractivity contribution is 6.31. The molecular formula is C14H21ClN2O. The molecule has 0 amide bonds. The molecule has 1 fully saturated rings. The van der Waals surface area contributed by atoms with E-state index in [1.165, 1.54) is 12.8 Å². The van der Waals surface area contributed by atoms with Crippen molar-refractivity contribution in [2.24, 2.45) is 5.92 Å². The Morgan fingerprint density at radius 2 is 2.39 bits per heavy atom. The van der Waals surface area contributed by atoms with Gasteiger partial charge < -0.3 is 15.4 Å². The molecule has 4 heteroatoms. The van der Waals surface area contributed by atoms with E-state index in [-0.39, 0.29) is 0 Å². The molecule has 3 nitrogen and oxygen atoms in total. The van der Waals surface area contributed by atoms with Gasteiger partial charge in [-0.15, -0.1) is 0 Å². The van der Waals surface area contributed by atoms with E-state index in [2.05, 4.69) is 10.6 Å². The summed E-state index contributed by atoms with van der Waals surface area (Å²) in [6, 6.07) is 5.77. The van der Waals surface area contributed by atoms with Crippen LogP contribution in [0.2, 0.25) is 5.02 Å². The zero-order chi connectivity index (χ0) is 12.8. The molecule has 1 heterocycles. The molecule has 0 spiro atoms. The normalized spacial score (nSPS) is 19.8. The fourth-order valence-corrected chi connectivity index (χ4v) is 2.63. The standard InChI is InChI=1S/C14H21ClN2O/c1-18-14-6-2-5-13(15)12(14)10-17-9-11-4-3-7-16-8-11/h2,5-6,11,16-17H,3-4,7-10H2,1H3. The number of piperidine rings is 1. The molecule has 2 rings (SSSR count). The average molecular weight is 269 g/mol. The van der Waals surface area contributed by atoms with E-state index in [9.17, 15) is 0 Å². The summed E-state index contributed by atoms with van der Waals surface area (Å²) in [4.78, 5) is 0. The van der Waals surface area contributed by atoms with Crippen LogP contribution in [0.3, 0.4) is 0 Å². The molecule has 1 unspecified atom stereocenters. The minimum Gasteiger partial charge on any atom is -0.496 e. The topological polar surface area (TPSA) is 33.3 Å². The van der Waals surface area contributed by atoms with Gasteiger partial charge in [0, 0.05) is 17.1 Å². The number of nitrogens with one attached hydrogen (secondary N) is 2. The maximum absolute atomic E-state index is 6.20. The summed E-state index contributed by atoms with van der Waals surface area (Å²) in [5.41, 5.74) is 1.05. The Balaban J connectivity index is 1.85. The summed E-state index contributed by atoms with van der Waals surface area (Å²) in [7, 11) is 1.68. The molecule has 0 aliphatic carbocycles. The lowest BCUT2D eigenvalue weighted by Gasteiger charge is -2.23. The maximum Gasteiger partial charge on any atom is 0.124 e. The molecule has 1 aromatic rings. The highest BCUT2D eigenvalue weighted by Crippen LogP contribution is 2.25. The van der Waals surface area contributed by atoms with Crippen LogP contribution in [0.25, 0.3) is 0 Å². The van der Waals surface area contributed by atoms with Crippen molar-refractivity contribution >= 4 is 11.6 Å². The van der Waals surface area contributed by atoms with Gasteiger partial charge in [-0.25, -0.2) is 0 Å². The molecule has 1 atom stereocenters. The van der Waals surface area contributed by atoms with Crippen molar-refractivity contribution < 1.29 is 4.74 Å². The zero-order valence-electron chi connectivity index (χ0n) is 10.8. The molecular weight excluding hydrogens is 248 g/mol. The quantitative estimate of drug-likeness (QED) is 0.861. The molecule has 0 bridgehead atoms. The van der Waals surface area contributed by atoms with E-state index >= 15 is 0 Å². The van der Waals surface area contributed by atoms with E-state index in [1.807, 2.05) is 18.2 Å². The van der Waals surface area contributed by atoms with Crippen LogP contribution in [0.5, 0.6) is 5.75 Å². The van der Waals surface area contributed by atoms with Gasteiger partial charge in [0.25, 0.3) is 0 Å². The van der Waals surface area contributed by atoms with Crippen LogP contribution in [-0.2, 0) is 6.54 Å². The first-order chi connectivity index (χ1) is 8.81. The van der Waals surface area contributed by atoms with Gasteiger partial charge in [-0.1, -0.05) is 17.7 Å². The van der Waals surface area contributed by atoms with Crippen LogP contribution in [0.1, 0.15) is 18.4 Å². The Morgan fingerprint density at radius 1 is 1.50 bits per heavy atom. The monoisotopic (exact) mass is 268 g/mol. The largest absolute Gasteiger partial charge is 0.496 e. The van der Waals surface area contributed by atoms with Crippen molar-refractivity contribution in [2.45, 2.75) is 19.4 Å². The Labute approximate surface area is 114 Å². The average Bonchev–Trinajstić information content (AvgIpc) is 2.41. The summed E-state index contributed by atoms with van der Waals surface area (Å²) in [6.07, 6.45) is 2.58.